The van der Waals surface area contributed by atoms with Crippen LogP contribution in [0.4, 0.5) is 0 Å². The highest BCUT2D eigenvalue weighted by molar-refractivity contribution is 6.69. The second-order valence-electron chi connectivity index (χ2n) is 17.9. The Morgan fingerprint density at radius 1 is 0.386 bits per heavy atom. The molecule has 0 aliphatic heterocycles. The largest absolute Gasteiger partial charge is 0.394 e. The van der Waals surface area contributed by atoms with Gasteiger partial charge in [0.25, 0.3) is 0 Å². The van der Waals surface area contributed by atoms with Gasteiger partial charge in [-0.1, -0.05) is 48.5 Å². The number of fused-ring (bicyclic) bond motifs is 8. The van der Waals surface area contributed by atoms with Gasteiger partial charge in [0.15, 0.2) is 0 Å². The van der Waals surface area contributed by atoms with E-state index in [2.05, 4.69) is 59.2 Å². The molecule has 17 rings (SSSR count). The molecule has 15 aromatic rings. The molecule has 0 radical (unpaired) electrons. The number of carbonyl (C=O) groups excluding carboxylic acids is 2. The summed E-state index contributed by atoms with van der Waals surface area (Å²) in [6.45, 7) is -1.98. The van der Waals surface area contributed by atoms with Crippen molar-refractivity contribution in [2.75, 3.05) is 26.4 Å². The first-order chi connectivity index (χ1) is 28.0. The van der Waals surface area contributed by atoms with E-state index in [0.717, 1.165) is 32.7 Å². The molecule has 0 heterocycles. The maximum atomic E-state index is 15.1. The molecule has 268 valence electrons. The Morgan fingerprint density at radius 2 is 0.614 bits per heavy atom. The van der Waals surface area contributed by atoms with Crippen molar-refractivity contribution in [3.8, 4) is 0 Å². The average Bonchev–Trinajstić information content (AvgIpc) is 3.81. The summed E-state index contributed by atoms with van der Waals surface area (Å²) in [5.41, 5.74) is 0.330. The molecule has 2 unspecified atom stereocenters. The first kappa shape index (κ1) is 28.3. The van der Waals surface area contributed by atoms with Gasteiger partial charge in [-0.2, -0.15) is 0 Å². The molecule has 2 atom stereocenters. The van der Waals surface area contributed by atoms with E-state index in [1.807, 2.05) is 0 Å². The maximum Gasteiger partial charge on any atom is 0.237 e. The highest BCUT2D eigenvalue weighted by Gasteiger charge is 2.77. The van der Waals surface area contributed by atoms with Gasteiger partial charge < -0.3 is 31.1 Å². The van der Waals surface area contributed by atoms with Crippen LogP contribution in [-0.2, 0) is 9.59 Å². The van der Waals surface area contributed by atoms with Crippen LogP contribution in [0, 0.1) is 5.41 Å². The normalized spacial score (nSPS) is 19.1. The van der Waals surface area contributed by atoms with Gasteiger partial charge in [-0.05, 0) is 162 Å². The van der Waals surface area contributed by atoms with Crippen molar-refractivity contribution in [1.29, 1.82) is 0 Å². The summed E-state index contributed by atoms with van der Waals surface area (Å²) in [7, 11) is 0. The van der Waals surface area contributed by atoms with Crippen LogP contribution in [0.5, 0.6) is 0 Å². The lowest BCUT2D eigenvalue weighted by Gasteiger charge is -2.23. The average molecular weight is 739 g/mol. The summed E-state index contributed by atoms with van der Waals surface area (Å²) in [6.07, 6.45) is 0. The number of aliphatic hydroxyl groups excluding tert-OH is 4. The summed E-state index contributed by atoms with van der Waals surface area (Å²) < 4.78 is 0. The van der Waals surface area contributed by atoms with Crippen LogP contribution >= 0.6 is 0 Å². The fraction of sp³-hybridized carbons (Fsp3) is 0.184. The third kappa shape index (κ3) is 2.28. The van der Waals surface area contributed by atoms with Gasteiger partial charge in [0.1, 0.15) is 5.41 Å². The molecule has 2 amide bonds. The lowest BCUT2D eigenvalue weighted by atomic mass is 9.88. The molecule has 15 aromatic carbocycles. The Hall–Kier alpha value is -6.16. The number of hydrogen-bond donors (Lipinski definition) is 6. The molecular weight excluding hydrogens is 713 g/mol. The number of hydrogen-bond acceptors (Lipinski definition) is 6. The van der Waals surface area contributed by atoms with Crippen LogP contribution in [0.15, 0.2) is 48.5 Å². The van der Waals surface area contributed by atoms with Crippen molar-refractivity contribution in [3.05, 3.63) is 59.7 Å². The fourth-order valence-electron chi connectivity index (χ4n) is 14.5. The minimum Gasteiger partial charge on any atom is -0.394 e. The fourth-order valence-corrected chi connectivity index (χ4v) is 14.5. The summed E-state index contributed by atoms with van der Waals surface area (Å²) in [5.74, 6) is -2.28. The standard InChI is InChI=1S/C49H26N2O6/c52-9-13(10-53)50-47(56)49(48(57)51-14(11-54)12-55)45-31-21-7-5-19-17-3-1-15-16-2-4-18-20-6-8-22-30-28(20)35-26(18)24(16)33-23(15)25(17)34-27(19)29(21)36-38(31)39(32(22)46(45)49)37(30)44-42(35)40(33)41(34)43(36)44/h1-8,13-14,45-46,52-55H,9-12H2,(H,50,56)(H,51,57). The molecule has 57 heavy (non-hydrogen) atoms. The van der Waals surface area contributed by atoms with E-state index in [0.29, 0.717) is 0 Å². The third-order valence-corrected chi connectivity index (χ3v) is 16.2. The molecule has 6 N–H and O–H groups in total. The zero-order valence-corrected chi connectivity index (χ0v) is 29.9. The van der Waals surface area contributed by atoms with Crippen molar-refractivity contribution < 1.29 is 30.0 Å². The molecular formula is C49H26N2O6. The minimum atomic E-state index is -1.69. The van der Waals surface area contributed by atoms with Crippen molar-refractivity contribution in [2.24, 2.45) is 5.41 Å². The highest BCUT2D eigenvalue weighted by atomic mass is 16.3. The summed E-state index contributed by atoms with van der Waals surface area (Å²) in [5, 5.41) is 82.2. The summed E-state index contributed by atoms with van der Waals surface area (Å²) >= 11 is 0. The lowest BCUT2D eigenvalue weighted by Crippen LogP contribution is -2.52. The van der Waals surface area contributed by atoms with Gasteiger partial charge in [-0.15, -0.1) is 0 Å². The third-order valence-electron chi connectivity index (χ3n) is 16.2. The Balaban J connectivity index is 1.18. The van der Waals surface area contributed by atoms with Crippen LogP contribution in [0.1, 0.15) is 23.0 Å². The van der Waals surface area contributed by atoms with Crippen molar-refractivity contribution >= 4 is 163 Å². The Bertz CT molecular complexity index is 3950. The van der Waals surface area contributed by atoms with E-state index in [9.17, 15) is 20.4 Å². The van der Waals surface area contributed by atoms with E-state index in [1.54, 1.807) is 0 Å². The number of carbonyl (C=O) groups is 2. The SMILES string of the molecule is O=C(NC(CO)CO)C1(C(=O)NC(CO)CO)C2c3c4ccc5c6ccc7c8ccc9c%10ccc%11c(c%12c3c3c4c5c4c6c7c5c8c9c6c%10c%11c%12c7c3c4c5c67)C21. The first-order valence-electron chi connectivity index (χ1n) is 20.0. The van der Waals surface area contributed by atoms with E-state index >= 15 is 9.59 Å². The van der Waals surface area contributed by atoms with Gasteiger partial charge in [0.05, 0.1) is 38.5 Å². The van der Waals surface area contributed by atoms with Crippen LogP contribution in [0.25, 0.3) is 151 Å². The smallest absolute Gasteiger partial charge is 0.237 e. The number of benzene rings is 9. The molecule has 0 bridgehead atoms. The predicted molar refractivity (Wildman–Crippen MR) is 226 cm³/mol. The first-order valence-corrected chi connectivity index (χ1v) is 20.0. The van der Waals surface area contributed by atoms with Gasteiger partial charge >= 0.3 is 0 Å². The molecule has 8 nitrogen and oxygen atoms in total. The molecule has 2 aliphatic carbocycles. The number of nitrogens with one attached hydrogen (secondary N) is 2. The molecule has 0 saturated heterocycles. The highest BCUT2D eigenvalue weighted by Crippen LogP contribution is 2.79. The topological polar surface area (TPSA) is 139 Å². The number of aliphatic hydroxyl groups is 4. The monoisotopic (exact) mass is 738 g/mol. The Kier molecular flexibility index (Phi) is 3.97. The molecule has 0 spiro atoms. The van der Waals surface area contributed by atoms with E-state index in [-0.39, 0.29) is 0 Å². The summed E-state index contributed by atoms with van der Waals surface area (Å²) in [6, 6.07) is 16.4. The summed E-state index contributed by atoms with van der Waals surface area (Å²) in [4.78, 5) is 30.3. The quantitative estimate of drug-likeness (QED) is 0.0720. The Morgan fingerprint density at radius 3 is 0.895 bits per heavy atom. The van der Waals surface area contributed by atoms with Crippen LogP contribution in [-0.4, -0.2) is 70.8 Å². The lowest BCUT2D eigenvalue weighted by molar-refractivity contribution is -0.139. The number of amides is 2. The zero-order chi connectivity index (χ0) is 37.2. The molecule has 2 aliphatic rings. The second kappa shape index (κ2) is 8.01. The predicted octanol–water partition coefficient (Wildman–Crippen LogP) is 7.20. The number of rotatable bonds is 8. The van der Waals surface area contributed by atoms with Crippen LogP contribution in [0.2, 0.25) is 0 Å². The maximum absolute atomic E-state index is 15.1. The molecule has 1 saturated carbocycles. The minimum absolute atomic E-state index is 0.496. The zero-order valence-electron chi connectivity index (χ0n) is 29.9. The van der Waals surface area contributed by atoms with Gasteiger partial charge in [0, 0.05) is 11.8 Å². The second-order valence-corrected chi connectivity index (χ2v) is 17.9. The van der Waals surface area contributed by atoms with E-state index in [4.69, 9.17) is 0 Å². The van der Waals surface area contributed by atoms with Gasteiger partial charge in [0.2, 0.25) is 11.8 Å². The van der Waals surface area contributed by atoms with Crippen molar-refractivity contribution in [1.82, 2.24) is 10.6 Å². The van der Waals surface area contributed by atoms with Gasteiger partial charge in [-0.3, -0.25) is 9.59 Å². The van der Waals surface area contributed by atoms with Crippen LogP contribution in [0.3, 0.4) is 0 Å². The van der Waals surface area contributed by atoms with Crippen LogP contribution < -0.4 is 10.6 Å². The van der Waals surface area contributed by atoms with Crippen molar-refractivity contribution in [2.45, 2.75) is 23.9 Å². The van der Waals surface area contributed by atoms with Gasteiger partial charge in [-0.25, -0.2) is 0 Å². The molecule has 8 heteroatoms. The van der Waals surface area contributed by atoms with Crippen molar-refractivity contribution in [3.63, 3.8) is 0 Å². The Labute approximate surface area is 317 Å². The molecule has 0 aromatic heterocycles. The van der Waals surface area contributed by atoms with E-state index in [1.165, 1.54) is 129 Å². The molecule has 1 fully saturated rings. The van der Waals surface area contributed by atoms with E-state index < -0.39 is 67.6 Å².